The van der Waals surface area contributed by atoms with E-state index in [2.05, 4.69) is 50.4 Å². The lowest BCUT2D eigenvalue weighted by atomic mass is 9.85. The Balaban J connectivity index is 2.00. The van der Waals surface area contributed by atoms with Crippen LogP contribution in [0.15, 0.2) is 24.3 Å². The summed E-state index contributed by atoms with van der Waals surface area (Å²) in [4.78, 5) is 0. The van der Waals surface area contributed by atoms with Gasteiger partial charge in [0.05, 0.1) is 6.61 Å². The lowest BCUT2D eigenvalue weighted by Gasteiger charge is -2.26. The highest BCUT2D eigenvalue weighted by molar-refractivity contribution is 5.54. The van der Waals surface area contributed by atoms with Crippen molar-refractivity contribution in [1.29, 1.82) is 0 Å². The van der Waals surface area contributed by atoms with Crippen molar-refractivity contribution >= 4 is 5.69 Å². The van der Waals surface area contributed by atoms with Crippen molar-refractivity contribution in [2.75, 3.05) is 25.1 Å². The maximum absolute atomic E-state index is 5.53. The van der Waals surface area contributed by atoms with E-state index >= 15 is 0 Å². The van der Waals surface area contributed by atoms with E-state index in [0.717, 1.165) is 19.8 Å². The van der Waals surface area contributed by atoms with Crippen LogP contribution in [0.25, 0.3) is 0 Å². The Hall–Kier alpha value is -1.02. The number of hydrogen-bond donors (Lipinski definition) is 1. The van der Waals surface area contributed by atoms with Gasteiger partial charge in [-0.15, -0.1) is 0 Å². The summed E-state index contributed by atoms with van der Waals surface area (Å²) in [6.45, 7) is 9.65. The van der Waals surface area contributed by atoms with Gasteiger partial charge < -0.3 is 10.1 Å². The molecule has 0 radical (unpaired) electrons. The van der Waals surface area contributed by atoms with Crippen LogP contribution in [0.4, 0.5) is 5.69 Å². The number of rotatable bonds is 3. The maximum Gasteiger partial charge on any atom is 0.0511 e. The monoisotopic (exact) mass is 247 g/mol. The van der Waals surface area contributed by atoms with E-state index in [0.29, 0.717) is 5.92 Å². The van der Waals surface area contributed by atoms with Gasteiger partial charge in [-0.05, 0) is 35.8 Å². The third-order valence-electron chi connectivity index (χ3n) is 3.57. The molecule has 0 saturated carbocycles. The Kier molecular flexibility index (Phi) is 4.28. The molecule has 1 aromatic rings. The number of anilines is 1. The molecule has 1 N–H and O–H groups in total. The second-order valence-corrected chi connectivity index (χ2v) is 6.26. The van der Waals surface area contributed by atoms with Gasteiger partial charge >= 0.3 is 0 Å². The molecule has 1 aliphatic rings. The van der Waals surface area contributed by atoms with Gasteiger partial charge in [-0.2, -0.15) is 0 Å². The van der Waals surface area contributed by atoms with E-state index in [4.69, 9.17) is 4.74 Å². The highest BCUT2D eigenvalue weighted by Gasteiger charge is 2.18. The molecule has 0 spiro atoms. The molecule has 0 aromatic heterocycles. The number of benzene rings is 1. The minimum Gasteiger partial charge on any atom is -0.384 e. The molecule has 1 fully saturated rings. The third kappa shape index (κ3) is 3.49. The minimum atomic E-state index is 0.187. The standard InChI is InChI=1S/C16H25NO/c1-16(2,3)14-8-4-5-9-15(14)17-11-13-7-6-10-18-12-13/h4-5,8-9,13,17H,6-7,10-12H2,1-3H3. The molecule has 1 heterocycles. The Morgan fingerprint density at radius 1 is 1.28 bits per heavy atom. The topological polar surface area (TPSA) is 21.3 Å². The van der Waals surface area contributed by atoms with Gasteiger partial charge in [0.2, 0.25) is 0 Å². The fraction of sp³-hybridized carbons (Fsp3) is 0.625. The molecule has 0 bridgehead atoms. The first kappa shape index (κ1) is 13.4. The van der Waals surface area contributed by atoms with E-state index in [-0.39, 0.29) is 5.41 Å². The van der Waals surface area contributed by atoms with Gasteiger partial charge in [-0.3, -0.25) is 0 Å². The molecular formula is C16H25NO. The summed E-state index contributed by atoms with van der Waals surface area (Å²) < 4.78 is 5.53. The highest BCUT2D eigenvalue weighted by Crippen LogP contribution is 2.29. The summed E-state index contributed by atoms with van der Waals surface area (Å²) in [5, 5.41) is 3.61. The number of nitrogens with one attached hydrogen (secondary N) is 1. The SMILES string of the molecule is CC(C)(C)c1ccccc1NCC1CCCOC1. The summed E-state index contributed by atoms with van der Waals surface area (Å²) in [5.74, 6) is 0.659. The van der Waals surface area contributed by atoms with Crippen molar-refractivity contribution < 1.29 is 4.74 Å². The number of hydrogen-bond acceptors (Lipinski definition) is 2. The molecule has 1 aliphatic heterocycles. The Morgan fingerprint density at radius 2 is 2.06 bits per heavy atom. The fourth-order valence-electron chi connectivity index (χ4n) is 2.51. The zero-order valence-electron chi connectivity index (χ0n) is 11.8. The Labute approximate surface area is 111 Å². The second-order valence-electron chi connectivity index (χ2n) is 6.26. The van der Waals surface area contributed by atoms with Gasteiger partial charge in [0.15, 0.2) is 0 Å². The van der Waals surface area contributed by atoms with E-state index in [1.165, 1.54) is 24.1 Å². The largest absolute Gasteiger partial charge is 0.384 e. The summed E-state index contributed by atoms with van der Waals surface area (Å²) in [5.41, 5.74) is 2.85. The molecular weight excluding hydrogens is 222 g/mol. The van der Waals surface area contributed by atoms with Crippen molar-refractivity contribution in [3.05, 3.63) is 29.8 Å². The predicted molar refractivity (Wildman–Crippen MR) is 77.2 cm³/mol. The molecule has 2 nitrogen and oxygen atoms in total. The van der Waals surface area contributed by atoms with Crippen molar-refractivity contribution in [3.8, 4) is 0 Å². The minimum absolute atomic E-state index is 0.187. The zero-order chi connectivity index (χ0) is 13.0. The smallest absolute Gasteiger partial charge is 0.0511 e. The van der Waals surface area contributed by atoms with Crippen LogP contribution in [0.1, 0.15) is 39.2 Å². The highest BCUT2D eigenvalue weighted by atomic mass is 16.5. The third-order valence-corrected chi connectivity index (χ3v) is 3.57. The number of para-hydroxylation sites is 1. The van der Waals surface area contributed by atoms with E-state index in [1.54, 1.807) is 0 Å². The van der Waals surface area contributed by atoms with Gasteiger partial charge in [0.1, 0.15) is 0 Å². The normalized spacial score (nSPS) is 20.7. The summed E-state index contributed by atoms with van der Waals surface area (Å²) in [6.07, 6.45) is 2.48. The first-order valence-electron chi connectivity index (χ1n) is 6.98. The first-order valence-corrected chi connectivity index (χ1v) is 6.98. The van der Waals surface area contributed by atoms with Crippen LogP contribution in [-0.2, 0) is 10.2 Å². The molecule has 1 aromatic carbocycles. The van der Waals surface area contributed by atoms with Crippen LogP contribution < -0.4 is 5.32 Å². The summed E-state index contributed by atoms with van der Waals surface area (Å²) in [6, 6.07) is 8.63. The van der Waals surface area contributed by atoms with Crippen LogP contribution in [-0.4, -0.2) is 19.8 Å². The van der Waals surface area contributed by atoms with E-state index < -0.39 is 0 Å². The first-order chi connectivity index (χ1) is 8.57. The molecule has 1 atom stereocenters. The molecule has 2 heteroatoms. The van der Waals surface area contributed by atoms with Gasteiger partial charge in [-0.1, -0.05) is 39.0 Å². The van der Waals surface area contributed by atoms with Crippen LogP contribution in [0, 0.1) is 5.92 Å². The predicted octanol–water partition coefficient (Wildman–Crippen LogP) is 3.82. The summed E-state index contributed by atoms with van der Waals surface area (Å²) in [7, 11) is 0. The van der Waals surface area contributed by atoms with Gasteiger partial charge in [0.25, 0.3) is 0 Å². The lowest BCUT2D eigenvalue weighted by molar-refractivity contribution is 0.0595. The van der Waals surface area contributed by atoms with Crippen LogP contribution in [0.5, 0.6) is 0 Å². The lowest BCUT2D eigenvalue weighted by Crippen LogP contribution is -2.25. The van der Waals surface area contributed by atoms with Crippen molar-refractivity contribution in [3.63, 3.8) is 0 Å². The van der Waals surface area contributed by atoms with Crippen molar-refractivity contribution in [2.24, 2.45) is 5.92 Å². The number of ether oxygens (including phenoxy) is 1. The quantitative estimate of drug-likeness (QED) is 0.876. The molecule has 0 amide bonds. The molecule has 1 saturated heterocycles. The van der Waals surface area contributed by atoms with Gasteiger partial charge in [-0.25, -0.2) is 0 Å². The molecule has 2 rings (SSSR count). The zero-order valence-corrected chi connectivity index (χ0v) is 11.8. The fourth-order valence-corrected chi connectivity index (χ4v) is 2.51. The van der Waals surface area contributed by atoms with Crippen molar-refractivity contribution in [2.45, 2.75) is 39.0 Å². The van der Waals surface area contributed by atoms with Crippen LogP contribution in [0.2, 0.25) is 0 Å². The van der Waals surface area contributed by atoms with Gasteiger partial charge in [0, 0.05) is 18.8 Å². The molecule has 100 valence electrons. The average molecular weight is 247 g/mol. The second kappa shape index (κ2) is 5.75. The Morgan fingerprint density at radius 3 is 2.72 bits per heavy atom. The van der Waals surface area contributed by atoms with Crippen molar-refractivity contribution in [1.82, 2.24) is 0 Å². The molecule has 1 unspecified atom stereocenters. The van der Waals surface area contributed by atoms with Crippen LogP contribution >= 0.6 is 0 Å². The van der Waals surface area contributed by atoms with E-state index in [9.17, 15) is 0 Å². The Bertz CT molecular complexity index is 375. The van der Waals surface area contributed by atoms with Crippen LogP contribution in [0.3, 0.4) is 0 Å². The molecule has 0 aliphatic carbocycles. The van der Waals surface area contributed by atoms with E-state index in [1.807, 2.05) is 0 Å². The summed E-state index contributed by atoms with van der Waals surface area (Å²) >= 11 is 0. The molecule has 18 heavy (non-hydrogen) atoms. The average Bonchev–Trinajstić information content (AvgIpc) is 2.37. The maximum atomic E-state index is 5.53.